The molecule has 35 heavy (non-hydrogen) atoms. The summed E-state index contributed by atoms with van der Waals surface area (Å²) in [6.45, 7) is 1.97. The Morgan fingerprint density at radius 2 is 1.26 bits per heavy atom. The van der Waals surface area contributed by atoms with Crippen molar-refractivity contribution in [2.75, 3.05) is 17.7 Å². The molecule has 0 aliphatic carbocycles. The summed E-state index contributed by atoms with van der Waals surface area (Å²) in [5, 5.41) is 5.53. The van der Waals surface area contributed by atoms with Crippen molar-refractivity contribution in [1.29, 1.82) is 0 Å². The minimum atomic E-state index is -0.567. The highest BCUT2D eigenvalue weighted by molar-refractivity contribution is 6.01. The molecule has 0 heterocycles. The van der Waals surface area contributed by atoms with Crippen LogP contribution in [0.1, 0.15) is 33.2 Å². The molecule has 0 bridgehead atoms. The molecule has 6 nitrogen and oxygen atoms in total. The molecule has 6 heteroatoms. The second-order valence-corrected chi connectivity index (χ2v) is 7.97. The number of nitrogens with one attached hydrogen (secondary N) is 2. The monoisotopic (exact) mass is 466 g/mol. The number of hydrogen-bond donors (Lipinski definition) is 2. The number of carbonyl (C=O) groups is 2. The summed E-state index contributed by atoms with van der Waals surface area (Å²) in [6.07, 6.45) is -0.440. The van der Waals surface area contributed by atoms with Crippen molar-refractivity contribution < 1.29 is 19.1 Å². The maximum Gasteiger partial charge on any atom is 0.341 e. The lowest BCUT2D eigenvalue weighted by Gasteiger charge is -2.22. The van der Waals surface area contributed by atoms with E-state index in [1.54, 1.807) is 18.2 Å². The summed E-state index contributed by atoms with van der Waals surface area (Å²) in [4.78, 5) is 25.1. The van der Waals surface area contributed by atoms with Gasteiger partial charge in [-0.15, -0.1) is 0 Å². The van der Waals surface area contributed by atoms with E-state index < -0.39 is 18.1 Å². The smallest absolute Gasteiger partial charge is 0.341 e. The highest BCUT2D eigenvalue weighted by Gasteiger charge is 2.21. The van der Waals surface area contributed by atoms with Crippen LogP contribution in [0, 0.1) is 6.92 Å². The average Bonchev–Trinajstić information content (AvgIpc) is 2.89. The molecule has 0 aliphatic rings. The fourth-order valence-corrected chi connectivity index (χ4v) is 3.62. The van der Waals surface area contributed by atoms with Crippen LogP contribution in [0.25, 0.3) is 0 Å². The summed E-state index contributed by atoms with van der Waals surface area (Å²) in [5.74, 6) is -0.221. The lowest BCUT2D eigenvalue weighted by molar-refractivity contribution is 0.0594. The first kappa shape index (κ1) is 23.6. The predicted molar refractivity (Wildman–Crippen MR) is 137 cm³/mol. The number of rotatable bonds is 7. The van der Waals surface area contributed by atoms with Crippen LogP contribution in [0.3, 0.4) is 0 Å². The maximum absolute atomic E-state index is 12.6. The molecular formula is C29H26N2O4. The van der Waals surface area contributed by atoms with Crippen LogP contribution in [0.4, 0.5) is 16.2 Å². The van der Waals surface area contributed by atoms with E-state index in [1.807, 2.05) is 91.9 Å². The SMILES string of the molecule is COC(=O)c1cc(NC(=O)Nc2ccc(C)cc2)ccc1OC(c1ccccc1)c1ccccc1. The average molecular weight is 467 g/mol. The normalized spacial score (nSPS) is 10.5. The molecular weight excluding hydrogens is 440 g/mol. The van der Waals surface area contributed by atoms with Gasteiger partial charge in [0.15, 0.2) is 0 Å². The van der Waals surface area contributed by atoms with Crippen LogP contribution in [-0.4, -0.2) is 19.1 Å². The Hall–Kier alpha value is -4.58. The summed E-state index contributed by atoms with van der Waals surface area (Å²) in [6, 6.07) is 31.4. The van der Waals surface area contributed by atoms with Gasteiger partial charge in [-0.3, -0.25) is 0 Å². The van der Waals surface area contributed by atoms with Crippen LogP contribution in [0.5, 0.6) is 5.75 Å². The highest BCUT2D eigenvalue weighted by Crippen LogP contribution is 2.32. The summed E-state index contributed by atoms with van der Waals surface area (Å²) < 4.78 is 11.4. The number of aryl methyl sites for hydroxylation is 1. The molecule has 0 unspecified atom stereocenters. The summed E-state index contributed by atoms with van der Waals surface area (Å²) >= 11 is 0. The van der Waals surface area contributed by atoms with E-state index >= 15 is 0 Å². The second-order valence-electron chi connectivity index (χ2n) is 7.97. The second kappa shape index (κ2) is 11.0. The highest BCUT2D eigenvalue weighted by atomic mass is 16.5. The van der Waals surface area contributed by atoms with Crippen LogP contribution in [-0.2, 0) is 4.74 Å². The Balaban J connectivity index is 1.60. The molecule has 0 saturated heterocycles. The molecule has 0 radical (unpaired) electrons. The third-order valence-electron chi connectivity index (χ3n) is 5.40. The Morgan fingerprint density at radius 1 is 0.714 bits per heavy atom. The fourth-order valence-electron chi connectivity index (χ4n) is 3.62. The van der Waals surface area contributed by atoms with Gasteiger partial charge in [-0.2, -0.15) is 0 Å². The lowest BCUT2D eigenvalue weighted by atomic mass is 10.0. The van der Waals surface area contributed by atoms with Crippen molar-refractivity contribution in [1.82, 2.24) is 0 Å². The van der Waals surface area contributed by atoms with Crippen LogP contribution >= 0.6 is 0 Å². The number of methoxy groups -OCH3 is 1. The predicted octanol–water partition coefficient (Wildman–Crippen LogP) is 6.59. The van der Waals surface area contributed by atoms with Crippen molar-refractivity contribution in [2.24, 2.45) is 0 Å². The van der Waals surface area contributed by atoms with E-state index in [2.05, 4.69) is 10.6 Å². The Labute approximate surface area is 204 Å². The molecule has 4 aromatic carbocycles. The van der Waals surface area contributed by atoms with Gasteiger partial charge in [0.25, 0.3) is 0 Å². The summed E-state index contributed by atoms with van der Waals surface area (Å²) in [7, 11) is 1.31. The van der Waals surface area contributed by atoms with E-state index in [-0.39, 0.29) is 5.56 Å². The van der Waals surface area contributed by atoms with Crippen molar-refractivity contribution in [3.63, 3.8) is 0 Å². The van der Waals surface area contributed by atoms with E-state index in [0.717, 1.165) is 16.7 Å². The molecule has 176 valence electrons. The van der Waals surface area contributed by atoms with E-state index in [9.17, 15) is 9.59 Å². The number of hydrogen-bond acceptors (Lipinski definition) is 4. The number of carbonyl (C=O) groups excluding carboxylic acids is 2. The van der Waals surface area contributed by atoms with Gasteiger partial charge in [-0.05, 0) is 48.4 Å². The van der Waals surface area contributed by atoms with E-state index in [1.165, 1.54) is 7.11 Å². The van der Waals surface area contributed by atoms with Crippen molar-refractivity contribution in [2.45, 2.75) is 13.0 Å². The lowest BCUT2D eigenvalue weighted by Crippen LogP contribution is -2.20. The van der Waals surface area contributed by atoms with Gasteiger partial charge >= 0.3 is 12.0 Å². The van der Waals surface area contributed by atoms with Gasteiger partial charge in [-0.25, -0.2) is 9.59 Å². The first-order chi connectivity index (χ1) is 17.0. The number of anilines is 2. The molecule has 2 N–H and O–H groups in total. The Bertz CT molecular complexity index is 1250. The number of benzene rings is 4. The summed E-state index contributed by atoms with van der Waals surface area (Å²) in [5.41, 5.74) is 4.27. The minimum Gasteiger partial charge on any atom is -0.480 e. The topological polar surface area (TPSA) is 76.7 Å². The molecule has 0 fully saturated rings. The number of esters is 1. The van der Waals surface area contributed by atoms with Crippen molar-refractivity contribution >= 4 is 23.4 Å². The number of urea groups is 1. The van der Waals surface area contributed by atoms with Gasteiger partial charge in [0, 0.05) is 11.4 Å². The molecule has 0 spiro atoms. The largest absolute Gasteiger partial charge is 0.480 e. The molecule has 4 rings (SSSR count). The molecule has 0 aliphatic heterocycles. The van der Waals surface area contributed by atoms with Gasteiger partial charge in [0.2, 0.25) is 0 Å². The molecule has 4 aromatic rings. The van der Waals surface area contributed by atoms with Crippen LogP contribution in [0.15, 0.2) is 103 Å². The zero-order valence-corrected chi connectivity index (χ0v) is 19.5. The van der Waals surface area contributed by atoms with Gasteiger partial charge in [0.1, 0.15) is 17.4 Å². The zero-order valence-electron chi connectivity index (χ0n) is 19.5. The third kappa shape index (κ3) is 6.06. The van der Waals surface area contributed by atoms with Crippen LogP contribution < -0.4 is 15.4 Å². The Kier molecular flexibility index (Phi) is 7.43. The van der Waals surface area contributed by atoms with Crippen molar-refractivity contribution in [3.8, 4) is 5.75 Å². The molecule has 2 amide bonds. The quantitative estimate of drug-likeness (QED) is 0.301. The van der Waals surface area contributed by atoms with Crippen LogP contribution in [0.2, 0.25) is 0 Å². The third-order valence-corrected chi connectivity index (χ3v) is 5.40. The Morgan fingerprint density at radius 3 is 1.83 bits per heavy atom. The maximum atomic E-state index is 12.6. The zero-order chi connectivity index (χ0) is 24.6. The van der Waals surface area contributed by atoms with Gasteiger partial charge < -0.3 is 20.1 Å². The fraction of sp³-hybridized carbons (Fsp3) is 0.103. The molecule has 0 aromatic heterocycles. The molecule has 0 saturated carbocycles. The number of ether oxygens (including phenoxy) is 2. The van der Waals surface area contributed by atoms with Crippen molar-refractivity contribution in [3.05, 3.63) is 125 Å². The first-order valence-corrected chi connectivity index (χ1v) is 11.2. The standard InChI is InChI=1S/C29H26N2O4/c1-20-13-15-23(16-14-20)30-29(33)31-24-17-18-26(25(19-24)28(32)34-2)35-27(21-9-5-3-6-10-21)22-11-7-4-8-12-22/h3-19,27H,1-2H3,(H2,30,31,33). The minimum absolute atomic E-state index is 0.206. The molecule has 0 atom stereocenters. The van der Waals surface area contributed by atoms with E-state index in [4.69, 9.17) is 9.47 Å². The first-order valence-electron chi connectivity index (χ1n) is 11.2. The van der Waals surface area contributed by atoms with Gasteiger partial charge in [0.05, 0.1) is 7.11 Å². The van der Waals surface area contributed by atoms with E-state index in [0.29, 0.717) is 17.1 Å². The number of amides is 2. The van der Waals surface area contributed by atoms with Gasteiger partial charge in [-0.1, -0.05) is 78.4 Å².